The van der Waals surface area contributed by atoms with E-state index in [4.69, 9.17) is 9.47 Å². The van der Waals surface area contributed by atoms with Gasteiger partial charge >= 0.3 is 0 Å². The number of rotatable bonds is 15. The Morgan fingerprint density at radius 3 is 2.47 bits per heavy atom. The molecule has 0 fully saturated rings. The number of benzene rings is 2. The molecule has 1 unspecified atom stereocenters. The van der Waals surface area contributed by atoms with E-state index in [-0.39, 0.29) is 0 Å². The highest BCUT2D eigenvalue weighted by Crippen LogP contribution is 2.25. The number of unbranched alkanes of at least 4 members (excludes halogenated alkanes) is 3. The standard InChI is InChI=1S/C31H37FN2O2/c1-4-6-10-20-35-24(3)11-8-7-9-12-25-13-15-26(16-14-25)27-22-33-31(34-23-27)29-18-17-28(21-30(29)32)36-19-5-2/h5,9,12-18,21-24H,2,4,6-8,10-11,19-20H2,1,3H3/b12-9+. The molecule has 0 N–H and O–H groups in total. The first-order valence-corrected chi connectivity index (χ1v) is 12.8. The lowest BCUT2D eigenvalue weighted by molar-refractivity contribution is 0.0566. The Morgan fingerprint density at radius 1 is 1.00 bits per heavy atom. The van der Waals surface area contributed by atoms with Gasteiger partial charge in [0.15, 0.2) is 5.82 Å². The molecule has 0 aliphatic carbocycles. The van der Waals surface area contributed by atoms with Crippen LogP contribution in [0.3, 0.4) is 0 Å². The maximum absolute atomic E-state index is 14.5. The van der Waals surface area contributed by atoms with E-state index < -0.39 is 5.82 Å². The Bertz CT molecular complexity index is 1090. The van der Waals surface area contributed by atoms with Crippen molar-refractivity contribution in [2.75, 3.05) is 13.2 Å². The van der Waals surface area contributed by atoms with Gasteiger partial charge in [0.05, 0.1) is 11.7 Å². The number of hydrogen-bond acceptors (Lipinski definition) is 4. The molecule has 1 heterocycles. The first-order valence-electron chi connectivity index (χ1n) is 12.8. The molecule has 0 spiro atoms. The van der Waals surface area contributed by atoms with Crippen molar-refractivity contribution in [3.05, 3.63) is 85.0 Å². The molecule has 1 aromatic heterocycles. The summed E-state index contributed by atoms with van der Waals surface area (Å²) in [5.41, 5.74) is 3.39. The van der Waals surface area contributed by atoms with Crippen molar-refractivity contribution in [1.29, 1.82) is 0 Å². The van der Waals surface area contributed by atoms with Gasteiger partial charge in [-0.1, -0.05) is 68.8 Å². The summed E-state index contributed by atoms with van der Waals surface area (Å²) >= 11 is 0. The minimum atomic E-state index is -0.422. The van der Waals surface area contributed by atoms with E-state index >= 15 is 0 Å². The Morgan fingerprint density at radius 2 is 1.78 bits per heavy atom. The number of allylic oxidation sites excluding steroid dienone is 1. The van der Waals surface area contributed by atoms with Crippen LogP contribution in [0.2, 0.25) is 0 Å². The summed E-state index contributed by atoms with van der Waals surface area (Å²) in [5, 5.41) is 0. The fraction of sp³-hybridized carbons (Fsp3) is 0.355. The molecule has 1 atom stereocenters. The number of ether oxygens (including phenoxy) is 2. The lowest BCUT2D eigenvalue weighted by Crippen LogP contribution is -2.08. The monoisotopic (exact) mass is 488 g/mol. The molecule has 0 bridgehead atoms. The zero-order valence-corrected chi connectivity index (χ0v) is 21.5. The van der Waals surface area contributed by atoms with E-state index in [2.05, 4.69) is 66.8 Å². The van der Waals surface area contributed by atoms with Crippen molar-refractivity contribution in [3.63, 3.8) is 0 Å². The molecule has 3 rings (SSSR count). The molecule has 5 heteroatoms. The Balaban J connectivity index is 1.49. The van der Waals surface area contributed by atoms with E-state index in [0.29, 0.717) is 29.8 Å². The summed E-state index contributed by atoms with van der Waals surface area (Å²) in [5.74, 6) is 0.365. The first kappa shape index (κ1) is 27.3. The average molecular weight is 489 g/mol. The van der Waals surface area contributed by atoms with Gasteiger partial charge in [-0.25, -0.2) is 14.4 Å². The van der Waals surface area contributed by atoms with Crippen molar-refractivity contribution >= 4 is 6.08 Å². The summed E-state index contributed by atoms with van der Waals surface area (Å²) in [6.45, 7) is 9.17. The van der Waals surface area contributed by atoms with Crippen LogP contribution < -0.4 is 4.74 Å². The highest BCUT2D eigenvalue weighted by atomic mass is 19.1. The molecular weight excluding hydrogens is 451 g/mol. The van der Waals surface area contributed by atoms with Gasteiger partial charge in [-0.05, 0) is 55.9 Å². The van der Waals surface area contributed by atoms with Crippen LogP contribution in [0.1, 0.15) is 57.9 Å². The Hall–Kier alpha value is -3.31. The van der Waals surface area contributed by atoms with Crippen molar-refractivity contribution in [3.8, 4) is 28.3 Å². The molecule has 4 nitrogen and oxygen atoms in total. The second-order valence-electron chi connectivity index (χ2n) is 8.88. The summed E-state index contributed by atoms with van der Waals surface area (Å²) in [6, 6.07) is 12.9. The van der Waals surface area contributed by atoms with Crippen LogP contribution in [-0.4, -0.2) is 29.3 Å². The molecule has 0 aliphatic heterocycles. The molecule has 0 saturated carbocycles. The van der Waals surface area contributed by atoms with Crippen LogP contribution >= 0.6 is 0 Å². The van der Waals surface area contributed by atoms with Gasteiger partial charge < -0.3 is 9.47 Å². The van der Waals surface area contributed by atoms with Gasteiger partial charge in [0, 0.05) is 30.6 Å². The van der Waals surface area contributed by atoms with Crippen LogP contribution in [0.4, 0.5) is 4.39 Å². The maximum Gasteiger partial charge on any atom is 0.162 e. The minimum Gasteiger partial charge on any atom is -0.489 e. The predicted octanol–water partition coefficient (Wildman–Crippen LogP) is 8.29. The van der Waals surface area contributed by atoms with E-state index in [0.717, 1.165) is 49.0 Å². The second kappa shape index (κ2) is 14.9. The van der Waals surface area contributed by atoms with Gasteiger partial charge in [0.1, 0.15) is 18.2 Å². The van der Waals surface area contributed by atoms with E-state index in [1.165, 1.54) is 18.9 Å². The summed E-state index contributed by atoms with van der Waals surface area (Å²) in [4.78, 5) is 8.76. The number of nitrogens with zero attached hydrogens (tertiary/aromatic N) is 2. The molecule has 2 aromatic carbocycles. The normalized spacial score (nSPS) is 12.1. The largest absolute Gasteiger partial charge is 0.489 e. The van der Waals surface area contributed by atoms with Crippen LogP contribution in [0.15, 0.2) is 73.6 Å². The van der Waals surface area contributed by atoms with Gasteiger partial charge in [0.25, 0.3) is 0 Å². The minimum absolute atomic E-state index is 0.326. The molecule has 0 radical (unpaired) electrons. The number of aromatic nitrogens is 2. The fourth-order valence-electron chi connectivity index (χ4n) is 3.79. The second-order valence-corrected chi connectivity index (χ2v) is 8.88. The summed E-state index contributed by atoms with van der Waals surface area (Å²) in [6.07, 6.45) is 16.6. The Labute approximate surface area is 214 Å². The van der Waals surface area contributed by atoms with Crippen LogP contribution in [0.25, 0.3) is 28.6 Å². The smallest absolute Gasteiger partial charge is 0.162 e. The first-order chi connectivity index (χ1) is 17.6. The van der Waals surface area contributed by atoms with Crippen LogP contribution in [-0.2, 0) is 4.74 Å². The zero-order chi connectivity index (χ0) is 25.6. The van der Waals surface area contributed by atoms with Crippen LogP contribution in [0.5, 0.6) is 5.75 Å². The lowest BCUT2D eigenvalue weighted by Gasteiger charge is -2.12. The lowest BCUT2D eigenvalue weighted by atomic mass is 10.1. The molecular formula is C31H37FN2O2. The van der Waals surface area contributed by atoms with Crippen molar-refractivity contribution in [2.24, 2.45) is 0 Å². The quantitative estimate of drug-likeness (QED) is 0.159. The van der Waals surface area contributed by atoms with E-state index in [1.807, 2.05) is 0 Å². The molecule has 0 aliphatic rings. The predicted molar refractivity (Wildman–Crippen MR) is 146 cm³/mol. The number of halogens is 1. The van der Waals surface area contributed by atoms with E-state index in [9.17, 15) is 4.39 Å². The highest BCUT2D eigenvalue weighted by molar-refractivity contribution is 5.66. The Kier molecular flexibility index (Phi) is 11.3. The zero-order valence-electron chi connectivity index (χ0n) is 21.5. The third-order valence-corrected chi connectivity index (χ3v) is 5.89. The van der Waals surface area contributed by atoms with Crippen molar-refractivity contribution in [1.82, 2.24) is 9.97 Å². The maximum atomic E-state index is 14.5. The molecule has 36 heavy (non-hydrogen) atoms. The SMILES string of the molecule is C=CCOc1ccc(-c2ncc(-c3ccc(/C=C/CCCC(C)OCCCCC)cc3)cn2)c(F)c1. The summed E-state index contributed by atoms with van der Waals surface area (Å²) in [7, 11) is 0. The van der Waals surface area contributed by atoms with Gasteiger partial charge in [0.2, 0.25) is 0 Å². The van der Waals surface area contributed by atoms with Gasteiger partial charge in [-0.3, -0.25) is 0 Å². The highest BCUT2D eigenvalue weighted by Gasteiger charge is 2.10. The van der Waals surface area contributed by atoms with Crippen molar-refractivity contribution in [2.45, 2.75) is 58.5 Å². The van der Waals surface area contributed by atoms with Crippen LogP contribution in [0, 0.1) is 5.82 Å². The molecule has 0 saturated heterocycles. The molecule has 0 amide bonds. The topological polar surface area (TPSA) is 44.2 Å². The van der Waals surface area contributed by atoms with Gasteiger partial charge in [-0.15, -0.1) is 0 Å². The number of hydrogen-bond donors (Lipinski definition) is 0. The fourth-order valence-corrected chi connectivity index (χ4v) is 3.79. The summed E-state index contributed by atoms with van der Waals surface area (Å²) < 4.78 is 25.7. The van der Waals surface area contributed by atoms with Gasteiger partial charge in [-0.2, -0.15) is 0 Å². The average Bonchev–Trinajstić information content (AvgIpc) is 2.90. The third kappa shape index (κ3) is 8.72. The van der Waals surface area contributed by atoms with Crippen molar-refractivity contribution < 1.29 is 13.9 Å². The van der Waals surface area contributed by atoms with E-state index in [1.54, 1.807) is 30.6 Å². The third-order valence-electron chi connectivity index (χ3n) is 5.89. The molecule has 3 aromatic rings. The molecule has 190 valence electrons.